The summed E-state index contributed by atoms with van der Waals surface area (Å²) in [6.07, 6.45) is 5.92. The molecule has 3 saturated carbocycles. The Hall–Kier alpha value is -1.32. The summed E-state index contributed by atoms with van der Waals surface area (Å²) in [6.45, 7) is 3.41. The minimum atomic E-state index is -0.642. The van der Waals surface area contributed by atoms with Crippen LogP contribution in [0.2, 0.25) is 0 Å². The van der Waals surface area contributed by atoms with Gasteiger partial charge in [-0.1, -0.05) is 6.58 Å². The maximum absolute atomic E-state index is 11.3. The molecule has 0 heterocycles. The lowest BCUT2D eigenvalue weighted by molar-refractivity contribution is -0.150. The summed E-state index contributed by atoms with van der Waals surface area (Å²) in [5.74, 6) is 0.832. The van der Waals surface area contributed by atoms with Crippen molar-refractivity contribution < 1.29 is 19.4 Å². The number of esters is 1. The van der Waals surface area contributed by atoms with Crippen LogP contribution >= 0.6 is 0 Å². The molecule has 0 aromatic carbocycles. The molecule has 19 heavy (non-hydrogen) atoms. The number of hydrogen-bond donors (Lipinski definition) is 1. The van der Waals surface area contributed by atoms with E-state index in [2.05, 4.69) is 6.58 Å². The zero-order chi connectivity index (χ0) is 13.6. The molecule has 3 fully saturated rings. The van der Waals surface area contributed by atoms with E-state index in [1.165, 1.54) is 6.08 Å². The fourth-order valence-corrected chi connectivity index (χ4v) is 4.80. The van der Waals surface area contributed by atoms with Crippen molar-refractivity contribution in [3.63, 3.8) is 0 Å². The van der Waals surface area contributed by atoms with Crippen LogP contribution in [0.4, 0.5) is 0 Å². The third kappa shape index (κ3) is 2.07. The lowest BCUT2D eigenvalue weighted by Crippen LogP contribution is -2.38. The molecular formula is C15H20O4. The Morgan fingerprint density at radius 3 is 2.58 bits per heavy atom. The number of carbonyl (C=O) groups is 2. The lowest BCUT2D eigenvalue weighted by atomic mass is 9.67. The molecule has 0 spiro atoms. The molecule has 0 aromatic heterocycles. The van der Waals surface area contributed by atoms with Gasteiger partial charge in [0.05, 0.1) is 5.92 Å². The standard InChI is InChI=1S/C15H20O4/c1-2-14(16)19-9-3-4-10-8-5-11(12(10)7-9)13(6-8)15(17)18/h2,8-13H,1,3-7H2,(H,17,18). The maximum atomic E-state index is 11.3. The van der Waals surface area contributed by atoms with Crippen LogP contribution < -0.4 is 0 Å². The Balaban J connectivity index is 1.68. The van der Waals surface area contributed by atoms with Crippen LogP contribution in [0.15, 0.2) is 12.7 Å². The minimum Gasteiger partial charge on any atom is -0.481 e. The van der Waals surface area contributed by atoms with E-state index >= 15 is 0 Å². The molecule has 0 saturated heterocycles. The Labute approximate surface area is 112 Å². The number of carboxylic acids is 1. The first-order valence-corrected chi connectivity index (χ1v) is 7.16. The fourth-order valence-electron chi connectivity index (χ4n) is 4.80. The number of carboxylic acid groups (broad SMARTS) is 1. The van der Waals surface area contributed by atoms with Crippen molar-refractivity contribution >= 4 is 11.9 Å². The Bertz CT molecular complexity index is 416. The van der Waals surface area contributed by atoms with E-state index in [4.69, 9.17) is 4.74 Å². The molecule has 104 valence electrons. The zero-order valence-electron chi connectivity index (χ0n) is 11.0. The largest absolute Gasteiger partial charge is 0.481 e. The van der Waals surface area contributed by atoms with E-state index in [0.717, 1.165) is 32.1 Å². The highest BCUT2D eigenvalue weighted by atomic mass is 16.5. The Morgan fingerprint density at radius 2 is 1.89 bits per heavy atom. The van der Waals surface area contributed by atoms with Gasteiger partial charge in [-0.25, -0.2) is 4.79 Å². The summed E-state index contributed by atoms with van der Waals surface area (Å²) in [4.78, 5) is 22.5. The molecule has 4 heteroatoms. The molecule has 0 radical (unpaired) electrons. The molecule has 6 unspecified atom stereocenters. The smallest absolute Gasteiger partial charge is 0.330 e. The summed E-state index contributed by atoms with van der Waals surface area (Å²) < 4.78 is 5.35. The average molecular weight is 264 g/mol. The highest BCUT2D eigenvalue weighted by Gasteiger charge is 2.56. The van der Waals surface area contributed by atoms with Crippen LogP contribution in [0.5, 0.6) is 0 Å². The first-order chi connectivity index (χ1) is 9.10. The number of hydrogen-bond acceptors (Lipinski definition) is 3. The maximum Gasteiger partial charge on any atom is 0.330 e. The van der Waals surface area contributed by atoms with Gasteiger partial charge < -0.3 is 9.84 Å². The van der Waals surface area contributed by atoms with Gasteiger partial charge in [-0.3, -0.25) is 4.79 Å². The van der Waals surface area contributed by atoms with Crippen molar-refractivity contribution in [1.29, 1.82) is 0 Å². The predicted molar refractivity (Wildman–Crippen MR) is 68.2 cm³/mol. The van der Waals surface area contributed by atoms with Crippen LogP contribution in [-0.4, -0.2) is 23.1 Å². The quantitative estimate of drug-likeness (QED) is 0.627. The van der Waals surface area contributed by atoms with Crippen LogP contribution in [0.25, 0.3) is 0 Å². The molecule has 3 aliphatic carbocycles. The highest BCUT2D eigenvalue weighted by Crippen LogP contribution is 2.60. The summed E-state index contributed by atoms with van der Waals surface area (Å²) in [6, 6.07) is 0. The lowest BCUT2D eigenvalue weighted by Gasteiger charge is -2.40. The van der Waals surface area contributed by atoms with E-state index in [1.807, 2.05) is 0 Å². The number of ether oxygens (including phenoxy) is 1. The number of rotatable bonds is 3. The molecule has 1 N–H and O–H groups in total. The summed E-state index contributed by atoms with van der Waals surface area (Å²) in [7, 11) is 0. The zero-order valence-corrected chi connectivity index (χ0v) is 11.0. The topological polar surface area (TPSA) is 63.6 Å². The van der Waals surface area contributed by atoms with E-state index in [9.17, 15) is 14.7 Å². The van der Waals surface area contributed by atoms with E-state index in [1.54, 1.807) is 0 Å². The number of aliphatic carboxylic acids is 1. The van der Waals surface area contributed by atoms with Crippen molar-refractivity contribution in [3.05, 3.63) is 12.7 Å². The monoisotopic (exact) mass is 264 g/mol. The summed E-state index contributed by atoms with van der Waals surface area (Å²) in [5.41, 5.74) is 0. The molecule has 0 amide bonds. The third-order valence-electron chi connectivity index (χ3n) is 5.48. The van der Waals surface area contributed by atoms with Gasteiger partial charge in [0.1, 0.15) is 6.10 Å². The van der Waals surface area contributed by atoms with Crippen molar-refractivity contribution in [1.82, 2.24) is 0 Å². The van der Waals surface area contributed by atoms with Gasteiger partial charge in [-0.05, 0) is 55.8 Å². The van der Waals surface area contributed by atoms with Gasteiger partial charge in [-0.15, -0.1) is 0 Å². The molecule has 0 aliphatic heterocycles. The molecule has 6 atom stereocenters. The Kier molecular flexibility index (Phi) is 3.11. The highest BCUT2D eigenvalue weighted by molar-refractivity contribution is 5.81. The SMILES string of the molecule is C=CC(=O)OC1CCC2C3CC(C(=O)O)C(C3)C2C1. The van der Waals surface area contributed by atoms with Crippen molar-refractivity contribution in [3.8, 4) is 0 Å². The number of fused-ring (bicyclic) bond motifs is 5. The van der Waals surface area contributed by atoms with Gasteiger partial charge in [0.2, 0.25) is 0 Å². The minimum absolute atomic E-state index is 0.0412. The Morgan fingerprint density at radius 1 is 1.11 bits per heavy atom. The normalized spacial score (nSPS) is 43.6. The van der Waals surface area contributed by atoms with Crippen molar-refractivity contribution in [2.45, 2.75) is 38.2 Å². The molecule has 2 bridgehead atoms. The second-order valence-electron chi connectivity index (χ2n) is 6.24. The van der Waals surface area contributed by atoms with Gasteiger partial charge in [0.15, 0.2) is 0 Å². The second-order valence-corrected chi connectivity index (χ2v) is 6.24. The van der Waals surface area contributed by atoms with Gasteiger partial charge in [-0.2, -0.15) is 0 Å². The first-order valence-electron chi connectivity index (χ1n) is 7.16. The third-order valence-corrected chi connectivity index (χ3v) is 5.48. The van der Waals surface area contributed by atoms with E-state index in [0.29, 0.717) is 23.7 Å². The number of carbonyl (C=O) groups excluding carboxylic acids is 1. The van der Waals surface area contributed by atoms with Crippen molar-refractivity contribution in [2.75, 3.05) is 0 Å². The van der Waals surface area contributed by atoms with Crippen LogP contribution in [0.1, 0.15) is 32.1 Å². The molecule has 4 nitrogen and oxygen atoms in total. The first kappa shape index (κ1) is 12.7. The molecule has 3 aliphatic rings. The molecule has 0 aromatic rings. The fraction of sp³-hybridized carbons (Fsp3) is 0.733. The molecular weight excluding hydrogens is 244 g/mol. The average Bonchev–Trinajstić information content (AvgIpc) is 2.97. The van der Waals surface area contributed by atoms with Crippen molar-refractivity contribution in [2.24, 2.45) is 29.6 Å². The predicted octanol–water partition coefficient (Wildman–Crippen LogP) is 2.24. The van der Waals surface area contributed by atoms with Crippen LogP contribution in [-0.2, 0) is 14.3 Å². The van der Waals surface area contributed by atoms with Gasteiger partial charge >= 0.3 is 11.9 Å². The summed E-state index contributed by atoms with van der Waals surface area (Å²) >= 11 is 0. The van der Waals surface area contributed by atoms with Crippen LogP contribution in [0, 0.1) is 29.6 Å². The summed E-state index contributed by atoms with van der Waals surface area (Å²) in [5, 5.41) is 9.28. The van der Waals surface area contributed by atoms with E-state index < -0.39 is 5.97 Å². The van der Waals surface area contributed by atoms with Gasteiger partial charge in [0, 0.05) is 6.08 Å². The molecule has 3 rings (SSSR count). The van der Waals surface area contributed by atoms with E-state index in [-0.39, 0.29) is 18.0 Å². The van der Waals surface area contributed by atoms with Gasteiger partial charge in [0.25, 0.3) is 0 Å². The van der Waals surface area contributed by atoms with Crippen LogP contribution in [0.3, 0.4) is 0 Å². The second kappa shape index (κ2) is 4.66.